The lowest BCUT2D eigenvalue weighted by Crippen LogP contribution is -2.29. The van der Waals surface area contributed by atoms with Crippen LogP contribution in [0.1, 0.15) is 16.2 Å². The lowest BCUT2D eigenvalue weighted by atomic mass is 10.2. The van der Waals surface area contributed by atoms with E-state index in [0.29, 0.717) is 22.8 Å². The Bertz CT molecular complexity index is 833. The summed E-state index contributed by atoms with van der Waals surface area (Å²) in [6, 6.07) is 8.18. The number of pyridine rings is 1. The van der Waals surface area contributed by atoms with Gasteiger partial charge in [0.05, 0.1) is 24.3 Å². The van der Waals surface area contributed by atoms with Gasteiger partial charge < -0.3 is 15.3 Å². The minimum Gasteiger partial charge on any atom is -0.459 e. The third-order valence-corrected chi connectivity index (χ3v) is 3.08. The number of aromatic nitrogens is 3. The summed E-state index contributed by atoms with van der Waals surface area (Å²) in [5.74, 6) is 0.0540. The fourth-order valence-electron chi connectivity index (χ4n) is 1.94. The van der Waals surface area contributed by atoms with Gasteiger partial charge in [-0.25, -0.2) is 4.98 Å². The lowest BCUT2D eigenvalue weighted by Gasteiger charge is -2.09. The van der Waals surface area contributed by atoms with Crippen LogP contribution in [0.5, 0.6) is 0 Å². The van der Waals surface area contributed by atoms with Gasteiger partial charge in [0.1, 0.15) is 0 Å². The van der Waals surface area contributed by atoms with E-state index in [2.05, 4.69) is 25.8 Å². The van der Waals surface area contributed by atoms with Crippen LogP contribution in [0.2, 0.25) is 0 Å². The highest BCUT2D eigenvalue weighted by Crippen LogP contribution is 2.20. The monoisotopic (exact) mass is 326 g/mol. The van der Waals surface area contributed by atoms with Gasteiger partial charge in [0.2, 0.25) is 5.95 Å². The molecular weight excluding hydrogens is 312 g/mol. The van der Waals surface area contributed by atoms with Crippen molar-refractivity contribution >= 4 is 17.7 Å². The predicted molar refractivity (Wildman–Crippen MR) is 85.4 cm³/mol. The Kier molecular flexibility index (Phi) is 4.34. The number of nitrogens with zero attached hydrogens (tertiary/aromatic N) is 3. The predicted octanol–water partition coefficient (Wildman–Crippen LogP) is 0.963. The van der Waals surface area contributed by atoms with E-state index in [0.717, 1.165) is 0 Å². The molecule has 9 heteroatoms. The maximum atomic E-state index is 11.8. The second kappa shape index (κ2) is 6.75. The summed E-state index contributed by atoms with van der Waals surface area (Å²) in [5, 5.41) is 9.02. The first-order chi connectivity index (χ1) is 11.7. The molecule has 9 nitrogen and oxygen atoms in total. The Labute approximate surface area is 136 Å². The largest absolute Gasteiger partial charge is 0.459 e. The number of hydrazine groups is 1. The van der Waals surface area contributed by atoms with Gasteiger partial charge in [-0.15, -0.1) is 0 Å². The summed E-state index contributed by atoms with van der Waals surface area (Å²) in [4.78, 5) is 24.0. The van der Waals surface area contributed by atoms with E-state index in [1.165, 1.54) is 12.3 Å². The summed E-state index contributed by atoms with van der Waals surface area (Å²) < 4.78 is 4.98. The van der Waals surface area contributed by atoms with E-state index >= 15 is 0 Å². The third kappa shape index (κ3) is 3.47. The number of carbonyl (C=O) groups is 1. The number of nitrogen functional groups attached to an aromatic ring is 1. The fraction of sp³-hybridized carbons (Fsp3) is 0.0667. The SMILES string of the molecule is Nc1nc(NNC(=O)c2ccco2)cc(-c2ccc(CO)nc2)n1. The fourth-order valence-corrected chi connectivity index (χ4v) is 1.94. The summed E-state index contributed by atoms with van der Waals surface area (Å²) >= 11 is 0. The number of rotatable bonds is 5. The topological polar surface area (TPSA) is 139 Å². The number of nitrogens with two attached hydrogens (primary N) is 1. The third-order valence-electron chi connectivity index (χ3n) is 3.08. The molecule has 0 aliphatic carbocycles. The van der Waals surface area contributed by atoms with Crippen LogP contribution in [-0.4, -0.2) is 26.0 Å². The molecule has 0 unspecified atom stereocenters. The van der Waals surface area contributed by atoms with Gasteiger partial charge in [0.25, 0.3) is 0 Å². The number of aliphatic hydroxyl groups excluding tert-OH is 1. The van der Waals surface area contributed by atoms with Crippen molar-refractivity contribution < 1.29 is 14.3 Å². The van der Waals surface area contributed by atoms with Crippen LogP contribution >= 0.6 is 0 Å². The smallest absolute Gasteiger partial charge is 0.305 e. The van der Waals surface area contributed by atoms with Gasteiger partial charge >= 0.3 is 5.91 Å². The summed E-state index contributed by atoms with van der Waals surface area (Å²) in [6.45, 7) is -0.141. The number of aliphatic hydroxyl groups is 1. The molecule has 0 saturated heterocycles. The Hall–Kier alpha value is -3.46. The first-order valence-electron chi connectivity index (χ1n) is 6.96. The van der Waals surface area contributed by atoms with Crippen molar-refractivity contribution in [3.8, 4) is 11.3 Å². The second-order valence-electron chi connectivity index (χ2n) is 4.75. The Morgan fingerprint density at radius 3 is 2.83 bits per heavy atom. The Morgan fingerprint density at radius 2 is 2.17 bits per heavy atom. The zero-order valence-electron chi connectivity index (χ0n) is 12.4. The Balaban J connectivity index is 1.77. The van der Waals surface area contributed by atoms with Crippen molar-refractivity contribution in [2.45, 2.75) is 6.61 Å². The number of anilines is 2. The minimum absolute atomic E-state index is 0.0356. The summed E-state index contributed by atoms with van der Waals surface area (Å²) in [5.41, 5.74) is 12.6. The van der Waals surface area contributed by atoms with Gasteiger partial charge in [0, 0.05) is 17.8 Å². The van der Waals surface area contributed by atoms with E-state index in [4.69, 9.17) is 15.3 Å². The Morgan fingerprint density at radius 1 is 1.29 bits per heavy atom. The summed E-state index contributed by atoms with van der Waals surface area (Å²) in [7, 11) is 0. The van der Waals surface area contributed by atoms with Crippen LogP contribution in [0, 0.1) is 0 Å². The highest BCUT2D eigenvalue weighted by molar-refractivity contribution is 5.92. The quantitative estimate of drug-likeness (QED) is 0.508. The van der Waals surface area contributed by atoms with Crippen molar-refractivity contribution in [3.05, 3.63) is 54.2 Å². The maximum absolute atomic E-state index is 11.8. The number of amides is 1. The summed E-state index contributed by atoms with van der Waals surface area (Å²) in [6.07, 6.45) is 2.97. The van der Waals surface area contributed by atoms with Gasteiger partial charge in [-0.3, -0.25) is 20.6 Å². The second-order valence-corrected chi connectivity index (χ2v) is 4.75. The molecule has 0 bridgehead atoms. The van der Waals surface area contributed by atoms with Crippen molar-refractivity contribution in [2.75, 3.05) is 11.2 Å². The molecule has 122 valence electrons. The molecule has 0 aliphatic rings. The van der Waals surface area contributed by atoms with E-state index in [1.807, 2.05) is 0 Å². The highest BCUT2D eigenvalue weighted by atomic mass is 16.3. The molecular formula is C15H14N6O3. The molecule has 24 heavy (non-hydrogen) atoms. The number of hydrogen-bond donors (Lipinski definition) is 4. The molecule has 1 amide bonds. The number of nitrogens with one attached hydrogen (secondary N) is 2. The number of hydrogen-bond acceptors (Lipinski definition) is 8. The molecule has 0 radical (unpaired) electrons. The molecule has 3 aromatic rings. The zero-order valence-corrected chi connectivity index (χ0v) is 12.4. The number of carbonyl (C=O) groups excluding carboxylic acids is 1. The van der Waals surface area contributed by atoms with E-state index < -0.39 is 5.91 Å². The average Bonchev–Trinajstić information content (AvgIpc) is 3.14. The highest BCUT2D eigenvalue weighted by Gasteiger charge is 2.10. The number of furan rings is 1. The standard InChI is InChI=1S/C15H14N6O3/c16-15-18-11(9-3-4-10(8-22)17-7-9)6-13(19-15)20-21-14(23)12-2-1-5-24-12/h1-7,22H,8H2,(H,21,23)(H3,16,18,19,20). The molecule has 0 fully saturated rings. The van der Waals surface area contributed by atoms with Gasteiger partial charge in [-0.05, 0) is 24.3 Å². The minimum atomic E-state index is -0.451. The molecule has 0 spiro atoms. The first kappa shape index (κ1) is 15.4. The van der Waals surface area contributed by atoms with Gasteiger partial charge in [-0.2, -0.15) is 4.98 Å². The zero-order chi connectivity index (χ0) is 16.9. The molecule has 0 atom stereocenters. The van der Waals surface area contributed by atoms with Gasteiger partial charge in [-0.1, -0.05) is 0 Å². The van der Waals surface area contributed by atoms with Crippen LogP contribution in [-0.2, 0) is 6.61 Å². The maximum Gasteiger partial charge on any atom is 0.305 e. The van der Waals surface area contributed by atoms with E-state index in [9.17, 15) is 4.79 Å². The molecule has 0 saturated carbocycles. The van der Waals surface area contributed by atoms with E-state index in [-0.39, 0.29) is 18.3 Å². The normalized spacial score (nSPS) is 10.4. The molecule has 3 rings (SSSR count). The van der Waals surface area contributed by atoms with Crippen LogP contribution in [0.25, 0.3) is 11.3 Å². The van der Waals surface area contributed by atoms with Crippen LogP contribution < -0.4 is 16.6 Å². The van der Waals surface area contributed by atoms with E-state index in [1.54, 1.807) is 30.5 Å². The average molecular weight is 326 g/mol. The van der Waals surface area contributed by atoms with Crippen molar-refractivity contribution in [2.24, 2.45) is 0 Å². The lowest BCUT2D eigenvalue weighted by molar-refractivity contribution is 0.0935. The molecule has 5 N–H and O–H groups in total. The molecule has 3 heterocycles. The molecule has 3 aromatic heterocycles. The van der Waals surface area contributed by atoms with Crippen molar-refractivity contribution in [1.82, 2.24) is 20.4 Å². The van der Waals surface area contributed by atoms with Crippen molar-refractivity contribution in [3.63, 3.8) is 0 Å². The van der Waals surface area contributed by atoms with Crippen LogP contribution in [0.3, 0.4) is 0 Å². The first-order valence-corrected chi connectivity index (χ1v) is 6.96. The van der Waals surface area contributed by atoms with Crippen LogP contribution in [0.4, 0.5) is 11.8 Å². The molecule has 0 aromatic carbocycles. The molecule has 0 aliphatic heterocycles. The van der Waals surface area contributed by atoms with Gasteiger partial charge in [0.15, 0.2) is 11.6 Å². The van der Waals surface area contributed by atoms with Crippen LogP contribution in [0.15, 0.2) is 47.2 Å². The van der Waals surface area contributed by atoms with Crippen molar-refractivity contribution in [1.29, 1.82) is 0 Å².